The molecule has 0 saturated heterocycles. The molecule has 358 valence electrons. The van der Waals surface area contributed by atoms with Crippen LogP contribution < -0.4 is 14.5 Å². The number of fused-ring (bicyclic) bond motifs is 16. The molecule has 2 aliphatic rings. The van der Waals surface area contributed by atoms with E-state index in [0.29, 0.717) is 5.76 Å². The molecule has 0 bridgehead atoms. The van der Waals surface area contributed by atoms with Gasteiger partial charge in [0.05, 0.1) is 30.7 Å². The summed E-state index contributed by atoms with van der Waals surface area (Å²) in [6, 6.07) is 54.8. The number of allylic oxidation sites excluding steroid dienone is 2. The second-order valence-corrected chi connectivity index (χ2v) is 21.2. The summed E-state index contributed by atoms with van der Waals surface area (Å²) in [7, 11) is 3.37. The molecule has 0 unspecified atom stereocenters. The SMILES string of the molecule is C=C(/C=C\C(=C)N(c1ccc2c(c1)C1(c3cc(N(c4ccc(OC)cc4)c4ccc5c6ccc(C)cc6n(CC)c5c4)ccc3-2)c2ccsc2-c2sccc21)c1ccc2c3ccc(C)cc3n(CC)c2c1)OC. The minimum atomic E-state index is -0.576. The number of anilines is 5. The molecule has 4 heterocycles. The Kier molecular flexibility index (Phi) is 10.5. The molecule has 6 nitrogen and oxygen atoms in total. The summed E-state index contributed by atoms with van der Waals surface area (Å²) in [5.74, 6) is 1.38. The highest BCUT2D eigenvalue weighted by molar-refractivity contribution is 7.21. The van der Waals surface area contributed by atoms with Gasteiger partial charge < -0.3 is 28.4 Å². The van der Waals surface area contributed by atoms with E-state index in [0.717, 1.165) is 53.0 Å². The first-order valence-corrected chi connectivity index (χ1v) is 26.8. The number of aryl methyl sites for hydroxylation is 4. The minimum absolute atomic E-state index is 0.560. The molecule has 1 spiro atoms. The number of aromatic nitrogens is 2. The largest absolute Gasteiger partial charge is 0.497 e. The van der Waals surface area contributed by atoms with Crippen LogP contribution in [-0.4, -0.2) is 23.4 Å². The maximum atomic E-state index is 5.70. The smallest absolute Gasteiger partial charge is 0.119 e. The lowest BCUT2D eigenvalue weighted by molar-refractivity contribution is 0.309. The molecule has 13 rings (SSSR count). The maximum Gasteiger partial charge on any atom is 0.119 e. The highest BCUT2D eigenvalue weighted by Gasteiger charge is 2.53. The first-order valence-electron chi connectivity index (χ1n) is 25.0. The van der Waals surface area contributed by atoms with Crippen molar-refractivity contribution in [3.05, 3.63) is 226 Å². The monoisotopic (exact) mass is 986 g/mol. The molecule has 0 radical (unpaired) electrons. The van der Waals surface area contributed by atoms with Crippen molar-refractivity contribution in [2.75, 3.05) is 24.0 Å². The topological polar surface area (TPSA) is 34.8 Å². The van der Waals surface area contributed by atoms with E-state index in [9.17, 15) is 0 Å². The lowest BCUT2D eigenvalue weighted by Crippen LogP contribution is -2.26. The average Bonchev–Trinajstić information content (AvgIpc) is 4.28. The first-order chi connectivity index (χ1) is 35.6. The van der Waals surface area contributed by atoms with Crippen LogP contribution >= 0.6 is 22.7 Å². The van der Waals surface area contributed by atoms with Gasteiger partial charge in [-0.05, 0) is 192 Å². The number of hydrogen-bond donors (Lipinski definition) is 0. The summed E-state index contributed by atoms with van der Waals surface area (Å²) < 4.78 is 16.1. The van der Waals surface area contributed by atoms with E-state index in [1.807, 2.05) is 34.8 Å². The molecular weight excluding hydrogens is 933 g/mol. The molecule has 8 heteroatoms. The van der Waals surface area contributed by atoms with Crippen LogP contribution in [0, 0.1) is 13.8 Å². The standard InChI is InChI=1S/C65H54N4O2S2/c1-9-66-59-33-39(3)11-23-51(59)53-27-19-46(37-61(53)66)68(41(5)13-14-42(6)70-7)44-17-25-49-50-26-18-45(36-58(50)65(57(49)35-44)55-29-31-72-63(55)64-56(65)30-32-73-64)69(43-15-21-48(71-8)22-16-43)47-20-28-54-52-24-12-40(4)34-60(52)67(10-2)62(54)38-47/h11-38H,5-6,9-10H2,1-4,7-8H3/b14-13-. The van der Waals surface area contributed by atoms with Crippen molar-refractivity contribution in [1.29, 1.82) is 0 Å². The molecule has 0 saturated carbocycles. The number of methoxy groups -OCH3 is 2. The van der Waals surface area contributed by atoms with E-state index in [1.54, 1.807) is 14.2 Å². The Morgan fingerprint density at radius 1 is 0.521 bits per heavy atom. The van der Waals surface area contributed by atoms with Crippen molar-refractivity contribution in [3.63, 3.8) is 0 Å². The van der Waals surface area contributed by atoms with Crippen LogP contribution in [0.2, 0.25) is 0 Å². The molecule has 4 aromatic heterocycles. The molecule has 73 heavy (non-hydrogen) atoms. The number of benzene rings is 7. The highest BCUT2D eigenvalue weighted by Crippen LogP contribution is 2.66. The number of thiophene rings is 2. The van der Waals surface area contributed by atoms with E-state index in [1.165, 1.54) is 97.9 Å². The van der Waals surface area contributed by atoms with Crippen molar-refractivity contribution in [2.45, 2.75) is 46.2 Å². The van der Waals surface area contributed by atoms with Crippen LogP contribution in [0.4, 0.5) is 28.4 Å². The van der Waals surface area contributed by atoms with Crippen LogP contribution in [0.5, 0.6) is 5.75 Å². The number of ether oxygens (including phenoxy) is 2. The Balaban J connectivity index is 1.02. The van der Waals surface area contributed by atoms with Gasteiger partial charge in [0.2, 0.25) is 0 Å². The number of rotatable bonds is 12. The molecule has 0 fully saturated rings. The second kappa shape index (κ2) is 17.0. The summed E-state index contributed by atoms with van der Waals surface area (Å²) in [4.78, 5) is 7.40. The Hall–Kier alpha value is -8.04. The third-order valence-electron chi connectivity index (χ3n) is 15.5. The van der Waals surface area contributed by atoms with Gasteiger partial charge in [-0.2, -0.15) is 0 Å². The van der Waals surface area contributed by atoms with Crippen LogP contribution in [0.1, 0.15) is 47.2 Å². The summed E-state index contributed by atoms with van der Waals surface area (Å²) in [5.41, 5.74) is 20.6. The van der Waals surface area contributed by atoms with Gasteiger partial charge in [-0.15, -0.1) is 22.7 Å². The van der Waals surface area contributed by atoms with Crippen LogP contribution in [0.25, 0.3) is 64.5 Å². The fourth-order valence-corrected chi connectivity index (χ4v) is 14.3. The van der Waals surface area contributed by atoms with Gasteiger partial charge in [0.1, 0.15) is 11.5 Å². The molecule has 11 aromatic rings. The van der Waals surface area contributed by atoms with Crippen molar-refractivity contribution >= 4 is 94.7 Å². The number of hydrogen-bond acceptors (Lipinski definition) is 6. The zero-order valence-corrected chi connectivity index (χ0v) is 43.5. The Bertz CT molecular complexity index is 4080. The molecule has 2 aliphatic carbocycles. The average molecular weight is 987 g/mol. The first kappa shape index (κ1) is 44.9. The quantitative estimate of drug-likeness (QED) is 0.0902. The van der Waals surface area contributed by atoms with Crippen LogP contribution in [-0.2, 0) is 23.2 Å². The molecule has 7 aromatic carbocycles. The summed E-state index contributed by atoms with van der Waals surface area (Å²) in [5, 5.41) is 9.59. The zero-order chi connectivity index (χ0) is 49.9. The van der Waals surface area contributed by atoms with Gasteiger partial charge in [0, 0.05) is 89.6 Å². The summed E-state index contributed by atoms with van der Waals surface area (Å²) in [6.07, 6.45) is 3.90. The summed E-state index contributed by atoms with van der Waals surface area (Å²) >= 11 is 3.69. The van der Waals surface area contributed by atoms with Crippen molar-refractivity contribution < 1.29 is 9.47 Å². The second-order valence-electron chi connectivity index (χ2n) is 19.3. The molecule has 0 aliphatic heterocycles. The van der Waals surface area contributed by atoms with Gasteiger partial charge in [-0.25, -0.2) is 0 Å². The Morgan fingerprint density at radius 3 is 1.52 bits per heavy atom. The lowest BCUT2D eigenvalue weighted by Gasteiger charge is -2.32. The maximum absolute atomic E-state index is 5.70. The van der Waals surface area contributed by atoms with Gasteiger partial charge in [0.15, 0.2) is 0 Å². The Morgan fingerprint density at radius 2 is 0.973 bits per heavy atom. The van der Waals surface area contributed by atoms with Gasteiger partial charge in [-0.3, -0.25) is 0 Å². The molecular formula is C65H54N4O2S2. The normalized spacial score (nSPS) is 13.1. The predicted molar refractivity (Wildman–Crippen MR) is 310 cm³/mol. The van der Waals surface area contributed by atoms with Crippen molar-refractivity contribution in [3.8, 4) is 26.6 Å². The summed E-state index contributed by atoms with van der Waals surface area (Å²) in [6.45, 7) is 19.4. The van der Waals surface area contributed by atoms with E-state index < -0.39 is 5.41 Å². The van der Waals surface area contributed by atoms with E-state index >= 15 is 0 Å². The highest BCUT2D eigenvalue weighted by atomic mass is 32.1. The third kappa shape index (κ3) is 6.59. The Labute approximate surface area is 434 Å². The molecule has 0 N–H and O–H groups in total. The van der Waals surface area contributed by atoms with Gasteiger partial charge in [-0.1, -0.05) is 61.7 Å². The molecule has 0 atom stereocenters. The van der Waals surface area contributed by atoms with Crippen molar-refractivity contribution in [1.82, 2.24) is 9.13 Å². The number of nitrogens with zero attached hydrogens (tertiary/aromatic N) is 4. The lowest BCUT2D eigenvalue weighted by atomic mass is 9.71. The zero-order valence-electron chi connectivity index (χ0n) is 41.9. The van der Waals surface area contributed by atoms with E-state index in [-0.39, 0.29) is 0 Å². The third-order valence-corrected chi connectivity index (χ3v) is 17.5. The van der Waals surface area contributed by atoms with Crippen molar-refractivity contribution in [2.24, 2.45) is 0 Å². The minimum Gasteiger partial charge on any atom is -0.497 e. The predicted octanol–water partition coefficient (Wildman–Crippen LogP) is 17.9. The molecule has 0 amide bonds. The van der Waals surface area contributed by atoms with Gasteiger partial charge >= 0.3 is 0 Å². The van der Waals surface area contributed by atoms with E-state index in [2.05, 4.69) is 210 Å². The fraction of sp³-hybridized carbons (Fsp3) is 0.138. The van der Waals surface area contributed by atoms with Crippen LogP contribution in [0.3, 0.4) is 0 Å². The van der Waals surface area contributed by atoms with Gasteiger partial charge in [0.25, 0.3) is 0 Å². The fourth-order valence-electron chi connectivity index (χ4n) is 12.2. The van der Waals surface area contributed by atoms with Crippen LogP contribution in [0.15, 0.2) is 193 Å². The van der Waals surface area contributed by atoms with E-state index in [4.69, 9.17) is 16.1 Å².